The van der Waals surface area contributed by atoms with Crippen LogP contribution in [-0.4, -0.2) is 26.2 Å². The highest BCUT2D eigenvalue weighted by Crippen LogP contribution is 2.39. The molecule has 3 rings (SSSR count). The minimum atomic E-state index is 0.495. The van der Waals surface area contributed by atoms with E-state index in [1.807, 2.05) is 0 Å². The van der Waals surface area contributed by atoms with Crippen molar-refractivity contribution in [2.75, 3.05) is 25.0 Å². The van der Waals surface area contributed by atoms with Crippen molar-refractivity contribution >= 4 is 5.69 Å². The van der Waals surface area contributed by atoms with E-state index in [1.54, 1.807) is 0 Å². The first-order valence-electron chi connectivity index (χ1n) is 8.59. The third kappa shape index (κ3) is 3.79. The molecule has 0 atom stereocenters. The van der Waals surface area contributed by atoms with Crippen LogP contribution in [0.2, 0.25) is 0 Å². The lowest BCUT2D eigenvalue weighted by Crippen LogP contribution is -2.42. The van der Waals surface area contributed by atoms with Crippen LogP contribution in [0.1, 0.15) is 49.7 Å². The summed E-state index contributed by atoms with van der Waals surface area (Å²) in [5.41, 5.74) is 4.61. The third-order valence-corrected chi connectivity index (χ3v) is 5.23. The van der Waals surface area contributed by atoms with Crippen LogP contribution in [0.25, 0.3) is 0 Å². The van der Waals surface area contributed by atoms with Crippen LogP contribution in [0, 0.1) is 19.3 Å². The largest absolute Gasteiger partial charge is 0.374 e. The molecule has 0 radical (unpaired) electrons. The van der Waals surface area contributed by atoms with Gasteiger partial charge in [-0.25, -0.2) is 0 Å². The van der Waals surface area contributed by atoms with Gasteiger partial charge in [0.1, 0.15) is 0 Å². The Morgan fingerprint density at radius 1 is 1.10 bits per heavy atom. The standard InChI is InChI=1S/C19H30N2/c1-15-10-16(2)12-18(11-15)21(3)14-19(8-4-5-9-19)13-20-17-6-7-17/h10-12,17,20H,4-9,13-14H2,1-3H3. The molecule has 0 aliphatic heterocycles. The van der Waals surface area contributed by atoms with Crippen molar-refractivity contribution in [1.29, 1.82) is 0 Å². The Hall–Kier alpha value is -1.02. The number of rotatable bonds is 6. The quantitative estimate of drug-likeness (QED) is 0.848. The zero-order chi connectivity index (χ0) is 14.9. The minimum absolute atomic E-state index is 0.495. The molecule has 2 saturated carbocycles. The van der Waals surface area contributed by atoms with Gasteiger partial charge in [-0.15, -0.1) is 0 Å². The molecule has 0 bridgehead atoms. The predicted molar refractivity (Wildman–Crippen MR) is 91.1 cm³/mol. The zero-order valence-corrected chi connectivity index (χ0v) is 13.9. The molecule has 21 heavy (non-hydrogen) atoms. The van der Waals surface area contributed by atoms with E-state index in [0.29, 0.717) is 5.41 Å². The number of nitrogens with one attached hydrogen (secondary N) is 1. The van der Waals surface area contributed by atoms with Crippen molar-refractivity contribution in [2.24, 2.45) is 5.41 Å². The van der Waals surface area contributed by atoms with Gasteiger partial charge in [0.15, 0.2) is 0 Å². The molecule has 116 valence electrons. The van der Waals surface area contributed by atoms with Gasteiger partial charge in [0.2, 0.25) is 0 Å². The van der Waals surface area contributed by atoms with Gasteiger partial charge in [-0.1, -0.05) is 18.9 Å². The first kappa shape index (κ1) is 14.9. The zero-order valence-electron chi connectivity index (χ0n) is 13.9. The molecule has 1 aromatic rings. The lowest BCUT2D eigenvalue weighted by Gasteiger charge is -2.35. The summed E-state index contributed by atoms with van der Waals surface area (Å²) in [5.74, 6) is 0. The fourth-order valence-corrected chi connectivity index (χ4v) is 3.93. The van der Waals surface area contributed by atoms with Gasteiger partial charge in [-0.3, -0.25) is 0 Å². The molecule has 1 N–H and O–H groups in total. The van der Waals surface area contributed by atoms with E-state index in [4.69, 9.17) is 0 Å². The van der Waals surface area contributed by atoms with E-state index < -0.39 is 0 Å². The number of hydrogen-bond acceptors (Lipinski definition) is 2. The first-order valence-corrected chi connectivity index (χ1v) is 8.59. The van der Waals surface area contributed by atoms with E-state index in [1.165, 1.54) is 68.4 Å². The summed E-state index contributed by atoms with van der Waals surface area (Å²) in [6.07, 6.45) is 8.38. The van der Waals surface area contributed by atoms with Crippen LogP contribution in [0.3, 0.4) is 0 Å². The van der Waals surface area contributed by atoms with Crippen LogP contribution >= 0.6 is 0 Å². The fourth-order valence-electron chi connectivity index (χ4n) is 3.93. The second-order valence-corrected chi connectivity index (χ2v) is 7.56. The van der Waals surface area contributed by atoms with E-state index in [2.05, 4.69) is 49.3 Å². The second kappa shape index (κ2) is 6.00. The highest BCUT2D eigenvalue weighted by molar-refractivity contribution is 5.50. The molecule has 2 heteroatoms. The lowest BCUT2D eigenvalue weighted by molar-refractivity contribution is 0.285. The van der Waals surface area contributed by atoms with Gasteiger partial charge in [-0.2, -0.15) is 0 Å². The van der Waals surface area contributed by atoms with Crippen molar-refractivity contribution < 1.29 is 0 Å². The van der Waals surface area contributed by atoms with Crippen molar-refractivity contribution in [3.8, 4) is 0 Å². The highest BCUT2D eigenvalue weighted by atomic mass is 15.1. The van der Waals surface area contributed by atoms with E-state index in [-0.39, 0.29) is 0 Å². The van der Waals surface area contributed by atoms with Gasteiger partial charge in [0.05, 0.1) is 0 Å². The molecular weight excluding hydrogens is 256 g/mol. The van der Waals surface area contributed by atoms with Crippen LogP contribution in [-0.2, 0) is 0 Å². The molecular formula is C19H30N2. The molecule has 2 nitrogen and oxygen atoms in total. The average molecular weight is 286 g/mol. The minimum Gasteiger partial charge on any atom is -0.374 e. The molecule has 2 fully saturated rings. The van der Waals surface area contributed by atoms with E-state index in [9.17, 15) is 0 Å². The van der Waals surface area contributed by atoms with E-state index >= 15 is 0 Å². The van der Waals surface area contributed by atoms with E-state index in [0.717, 1.165) is 6.04 Å². The maximum Gasteiger partial charge on any atom is 0.0369 e. The molecule has 2 aliphatic rings. The Balaban J connectivity index is 1.68. The van der Waals surface area contributed by atoms with Crippen molar-refractivity contribution in [1.82, 2.24) is 5.32 Å². The summed E-state index contributed by atoms with van der Waals surface area (Å²) >= 11 is 0. The smallest absolute Gasteiger partial charge is 0.0369 e. The van der Waals surface area contributed by atoms with Crippen LogP contribution in [0.5, 0.6) is 0 Å². The fraction of sp³-hybridized carbons (Fsp3) is 0.684. The summed E-state index contributed by atoms with van der Waals surface area (Å²) in [6, 6.07) is 7.74. The summed E-state index contributed by atoms with van der Waals surface area (Å²) in [4.78, 5) is 2.49. The molecule has 0 saturated heterocycles. The summed E-state index contributed by atoms with van der Waals surface area (Å²) in [6.45, 7) is 6.80. The Morgan fingerprint density at radius 3 is 2.29 bits per heavy atom. The summed E-state index contributed by atoms with van der Waals surface area (Å²) in [5, 5.41) is 3.79. The van der Waals surface area contributed by atoms with Gasteiger partial charge in [0.25, 0.3) is 0 Å². The first-order chi connectivity index (χ1) is 10.1. The molecule has 0 amide bonds. The Bertz CT molecular complexity index is 464. The molecule has 0 spiro atoms. The molecule has 1 aromatic carbocycles. The average Bonchev–Trinajstić information content (AvgIpc) is 3.15. The monoisotopic (exact) mass is 286 g/mol. The van der Waals surface area contributed by atoms with Crippen LogP contribution < -0.4 is 10.2 Å². The molecule has 2 aliphatic carbocycles. The van der Waals surface area contributed by atoms with Gasteiger partial charge in [0, 0.05) is 37.3 Å². The Labute approximate surface area is 129 Å². The maximum absolute atomic E-state index is 3.79. The topological polar surface area (TPSA) is 15.3 Å². The van der Waals surface area contributed by atoms with Gasteiger partial charge < -0.3 is 10.2 Å². The van der Waals surface area contributed by atoms with Gasteiger partial charge in [-0.05, 0) is 62.8 Å². The Morgan fingerprint density at radius 2 is 1.71 bits per heavy atom. The number of hydrogen-bond donors (Lipinski definition) is 1. The summed E-state index contributed by atoms with van der Waals surface area (Å²) < 4.78 is 0. The normalized spacial score (nSPS) is 20.7. The number of nitrogens with zero attached hydrogens (tertiary/aromatic N) is 1. The van der Waals surface area contributed by atoms with Crippen molar-refractivity contribution in [2.45, 2.75) is 58.4 Å². The number of aryl methyl sites for hydroxylation is 2. The lowest BCUT2D eigenvalue weighted by atomic mass is 9.85. The molecule has 0 aromatic heterocycles. The Kier molecular flexibility index (Phi) is 4.26. The number of anilines is 1. The highest BCUT2D eigenvalue weighted by Gasteiger charge is 2.36. The van der Waals surface area contributed by atoms with Crippen molar-refractivity contribution in [3.05, 3.63) is 29.3 Å². The molecule has 0 unspecified atom stereocenters. The molecule has 0 heterocycles. The van der Waals surface area contributed by atoms with Crippen molar-refractivity contribution in [3.63, 3.8) is 0 Å². The van der Waals surface area contributed by atoms with Crippen LogP contribution in [0.4, 0.5) is 5.69 Å². The maximum atomic E-state index is 3.79. The SMILES string of the molecule is Cc1cc(C)cc(N(C)CC2(CNC3CC3)CCCC2)c1. The second-order valence-electron chi connectivity index (χ2n) is 7.56. The number of benzene rings is 1. The van der Waals surface area contributed by atoms with Gasteiger partial charge >= 0.3 is 0 Å². The summed E-state index contributed by atoms with van der Waals surface area (Å²) in [7, 11) is 2.27. The predicted octanol–water partition coefficient (Wildman–Crippen LogP) is 4.05. The van der Waals surface area contributed by atoms with Crippen LogP contribution in [0.15, 0.2) is 18.2 Å². The third-order valence-electron chi connectivity index (χ3n) is 5.23.